The van der Waals surface area contributed by atoms with Crippen LogP contribution in [0.4, 0.5) is 4.79 Å². The number of likely N-dealkylation sites (tertiary alicyclic amines) is 1. The molecule has 232 valence electrons. The zero-order valence-corrected chi connectivity index (χ0v) is 26.1. The molecular formula is C31H52N4O6. The van der Waals surface area contributed by atoms with Gasteiger partial charge >= 0.3 is 6.09 Å². The number of amides is 4. The molecule has 1 heterocycles. The van der Waals surface area contributed by atoms with Crippen molar-refractivity contribution in [1.29, 1.82) is 0 Å². The molecular weight excluding hydrogens is 524 g/mol. The SMILES string of the molecule is CCCCNC(=O)C(=O)C(CCC)NC(=O)[C@@H]1[C@@H]2[C@H](CN1C(=O)[C@@H](NC(=O)OC(C)(C)C)C1CCCCC1)C2(C)C. The first-order chi connectivity index (χ1) is 19.2. The monoisotopic (exact) mass is 576 g/mol. The van der Waals surface area contributed by atoms with Gasteiger partial charge in [0, 0.05) is 13.1 Å². The Morgan fingerprint density at radius 3 is 2.22 bits per heavy atom. The molecule has 3 rings (SSSR count). The van der Waals surface area contributed by atoms with Gasteiger partial charge in [0.15, 0.2) is 0 Å². The number of nitrogens with one attached hydrogen (secondary N) is 3. The highest BCUT2D eigenvalue weighted by Gasteiger charge is 2.69. The molecule has 3 N–H and O–H groups in total. The van der Waals surface area contributed by atoms with E-state index in [1.165, 1.54) is 0 Å². The second kappa shape index (κ2) is 13.6. The van der Waals surface area contributed by atoms with Crippen molar-refractivity contribution in [2.75, 3.05) is 13.1 Å². The van der Waals surface area contributed by atoms with Crippen molar-refractivity contribution in [3.05, 3.63) is 0 Å². The summed E-state index contributed by atoms with van der Waals surface area (Å²) in [4.78, 5) is 68.0. The van der Waals surface area contributed by atoms with Crippen LogP contribution in [-0.4, -0.2) is 71.3 Å². The van der Waals surface area contributed by atoms with Gasteiger partial charge in [0.2, 0.25) is 17.6 Å². The van der Waals surface area contributed by atoms with Gasteiger partial charge in [-0.15, -0.1) is 0 Å². The number of hydrogen-bond acceptors (Lipinski definition) is 6. The standard InChI is InChI=1S/C31H52N4O6/c1-8-10-17-32-27(38)25(36)21(14-9-2)33-26(37)24-22-20(31(22,6)7)18-35(24)28(39)23(19-15-12-11-13-16-19)34-29(40)41-30(3,4)5/h19-24H,8-18H2,1-7H3,(H,32,38)(H,33,37)(H,34,40)/t20-,21?,22-,23-,24-/m0/s1. The van der Waals surface area contributed by atoms with E-state index in [2.05, 4.69) is 29.8 Å². The minimum atomic E-state index is -0.957. The van der Waals surface area contributed by atoms with Gasteiger partial charge in [0.25, 0.3) is 5.91 Å². The van der Waals surface area contributed by atoms with Crippen LogP contribution in [0.1, 0.15) is 106 Å². The Bertz CT molecular complexity index is 984. The molecule has 0 aromatic carbocycles. The number of fused-ring (bicyclic) bond motifs is 1. The Morgan fingerprint density at radius 2 is 1.63 bits per heavy atom. The van der Waals surface area contributed by atoms with E-state index in [1.54, 1.807) is 25.7 Å². The lowest BCUT2D eigenvalue weighted by Crippen LogP contribution is -2.59. The second-order valence-electron chi connectivity index (χ2n) is 13.7. The maximum atomic E-state index is 14.2. The first-order valence-corrected chi connectivity index (χ1v) is 15.6. The average molecular weight is 577 g/mol. The van der Waals surface area contributed by atoms with E-state index >= 15 is 0 Å². The lowest BCUT2D eigenvalue weighted by molar-refractivity contribution is -0.145. The number of carbonyl (C=O) groups is 5. The highest BCUT2D eigenvalue weighted by Crippen LogP contribution is 2.65. The van der Waals surface area contributed by atoms with Gasteiger partial charge in [0.1, 0.15) is 17.7 Å². The molecule has 0 bridgehead atoms. The fraction of sp³-hybridized carbons (Fsp3) is 0.839. The van der Waals surface area contributed by atoms with Crippen LogP contribution in [-0.2, 0) is 23.9 Å². The van der Waals surface area contributed by atoms with Crippen LogP contribution < -0.4 is 16.0 Å². The molecule has 0 aromatic heterocycles. The predicted octanol–water partition coefficient (Wildman–Crippen LogP) is 3.71. The molecule has 2 aliphatic carbocycles. The zero-order valence-electron chi connectivity index (χ0n) is 26.1. The van der Waals surface area contributed by atoms with Crippen LogP contribution >= 0.6 is 0 Å². The summed E-state index contributed by atoms with van der Waals surface area (Å²) in [6, 6.07) is -2.52. The van der Waals surface area contributed by atoms with Gasteiger partial charge in [-0.05, 0) is 69.6 Å². The Balaban J connectivity index is 1.81. The van der Waals surface area contributed by atoms with Gasteiger partial charge < -0.3 is 25.6 Å². The van der Waals surface area contributed by atoms with Gasteiger partial charge in [-0.1, -0.05) is 59.8 Å². The first-order valence-electron chi connectivity index (χ1n) is 15.6. The largest absolute Gasteiger partial charge is 0.444 e. The highest BCUT2D eigenvalue weighted by molar-refractivity contribution is 6.38. The van der Waals surface area contributed by atoms with E-state index < -0.39 is 47.4 Å². The summed E-state index contributed by atoms with van der Waals surface area (Å²) in [5, 5.41) is 8.35. The molecule has 3 aliphatic rings. The summed E-state index contributed by atoms with van der Waals surface area (Å²) >= 11 is 0. The minimum absolute atomic E-state index is 0.0429. The number of nitrogens with zero attached hydrogens (tertiary/aromatic N) is 1. The van der Waals surface area contributed by atoms with Gasteiger partial charge in [-0.2, -0.15) is 0 Å². The molecule has 0 aromatic rings. The fourth-order valence-electron chi connectivity index (χ4n) is 6.71. The van der Waals surface area contributed by atoms with Crippen LogP contribution in [0.15, 0.2) is 0 Å². The topological polar surface area (TPSA) is 134 Å². The molecule has 41 heavy (non-hydrogen) atoms. The molecule has 10 heteroatoms. The van der Waals surface area contributed by atoms with Crippen molar-refractivity contribution >= 4 is 29.6 Å². The summed E-state index contributed by atoms with van der Waals surface area (Å²) in [5.41, 5.74) is -0.838. The number of rotatable bonds is 12. The predicted molar refractivity (Wildman–Crippen MR) is 156 cm³/mol. The third-order valence-corrected chi connectivity index (χ3v) is 9.07. The highest BCUT2D eigenvalue weighted by atomic mass is 16.6. The van der Waals surface area contributed by atoms with E-state index in [-0.39, 0.29) is 29.1 Å². The van der Waals surface area contributed by atoms with Gasteiger partial charge in [0.05, 0.1) is 6.04 Å². The molecule has 0 radical (unpaired) electrons. The molecule has 4 amide bonds. The summed E-state index contributed by atoms with van der Waals surface area (Å²) < 4.78 is 5.50. The van der Waals surface area contributed by atoms with E-state index in [9.17, 15) is 24.0 Å². The van der Waals surface area contributed by atoms with Crippen LogP contribution in [0, 0.1) is 23.2 Å². The number of hydrogen-bond donors (Lipinski definition) is 3. The van der Waals surface area contributed by atoms with Crippen molar-refractivity contribution in [1.82, 2.24) is 20.9 Å². The maximum Gasteiger partial charge on any atom is 0.408 e. The molecule has 10 nitrogen and oxygen atoms in total. The molecule has 1 unspecified atom stereocenters. The van der Waals surface area contributed by atoms with Gasteiger partial charge in [-0.3, -0.25) is 19.2 Å². The number of piperidine rings is 1. The third kappa shape index (κ3) is 8.01. The second-order valence-corrected chi connectivity index (χ2v) is 13.7. The number of Topliss-reactive ketones (excluding diaryl/α,β-unsaturated/α-hetero) is 1. The zero-order chi connectivity index (χ0) is 30.5. The summed E-state index contributed by atoms with van der Waals surface area (Å²) in [5.74, 6) is -2.00. The Hall–Kier alpha value is -2.65. The number of alkyl carbamates (subject to hydrolysis) is 1. The van der Waals surface area contributed by atoms with Crippen LogP contribution in [0.25, 0.3) is 0 Å². The van der Waals surface area contributed by atoms with Crippen molar-refractivity contribution in [3.8, 4) is 0 Å². The molecule has 5 atom stereocenters. The van der Waals surface area contributed by atoms with Gasteiger partial charge in [-0.25, -0.2) is 4.79 Å². The third-order valence-electron chi connectivity index (χ3n) is 9.07. The molecule has 1 saturated heterocycles. The number of unbranched alkanes of at least 4 members (excludes halogenated alkanes) is 1. The lowest BCUT2D eigenvalue weighted by Gasteiger charge is -2.37. The normalized spacial score (nSPS) is 25.0. The minimum Gasteiger partial charge on any atom is -0.444 e. The quantitative estimate of drug-likeness (QED) is 0.240. The Morgan fingerprint density at radius 1 is 0.976 bits per heavy atom. The average Bonchev–Trinajstić information content (AvgIpc) is 3.23. The van der Waals surface area contributed by atoms with E-state index in [1.807, 2.05) is 13.8 Å². The van der Waals surface area contributed by atoms with Crippen LogP contribution in [0.2, 0.25) is 0 Å². The van der Waals surface area contributed by atoms with Crippen LogP contribution in [0.3, 0.4) is 0 Å². The van der Waals surface area contributed by atoms with Crippen molar-refractivity contribution in [2.24, 2.45) is 23.2 Å². The molecule has 3 fully saturated rings. The number of ether oxygens (including phenoxy) is 1. The summed E-state index contributed by atoms with van der Waals surface area (Å²) in [6.45, 7) is 14.2. The molecule has 2 saturated carbocycles. The lowest BCUT2D eigenvalue weighted by atomic mass is 9.83. The Labute approximate surface area is 245 Å². The van der Waals surface area contributed by atoms with Crippen molar-refractivity contribution in [3.63, 3.8) is 0 Å². The summed E-state index contributed by atoms with van der Waals surface area (Å²) in [7, 11) is 0. The number of carbonyl (C=O) groups excluding carboxylic acids is 5. The number of ketones is 1. The van der Waals surface area contributed by atoms with E-state index in [0.29, 0.717) is 25.9 Å². The van der Waals surface area contributed by atoms with E-state index in [4.69, 9.17) is 4.74 Å². The fourth-order valence-corrected chi connectivity index (χ4v) is 6.71. The van der Waals surface area contributed by atoms with Crippen molar-refractivity contribution < 1.29 is 28.7 Å². The smallest absolute Gasteiger partial charge is 0.408 e. The molecule has 1 aliphatic heterocycles. The molecule has 0 spiro atoms. The first kappa shape index (κ1) is 32.9. The van der Waals surface area contributed by atoms with Crippen molar-refractivity contribution in [2.45, 2.75) is 130 Å². The maximum absolute atomic E-state index is 14.2. The Kier molecular flexibility index (Phi) is 10.9. The van der Waals surface area contributed by atoms with E-state index in [0.717, 1.165) is 44.9 Å². The summed E-state index contributed by atoms with van der Waals surface area (Å²) in [6.07, 6.45) is 6.62. The van der Waals surface area contributed by atoms with Crippen LogP contribution in [0.5, 0.6) is 0 Å².